The maximum absolute atomic E-state index is 5.40. The van der Waals surface area contributed by atoms with Gasteiger partial charge in [0.1, 0.15) is 0 Å². The van der Waals surface area contributed by atoms with Crippen molar-refractivity contribution in [2.45, 2.75) is 39.5 Å². The molecule has 0 atom stereocenters. The zero-order valence-corrected chi connectivity index (χ0v) is 11.2. The number of nitrogens with zero attached hydrogens (tertiary/aromatic N) is 1. The molecule has 0 rings (SSSR count). The molecule has 0 unspecified atom stereocenters. The van der Waals surface area contributed by atoms with E-state index < -0.39 is 0 Å². The topological polar surface area (TPSA) is 12.5 Å². The molecule has 0 radical (unpaired) electrons. The second-order valence-corrected chi connectivity index (χ2v) is 4.36. The summed E-state index contributed by atoms with van der Waals surface area (Å²) < 4.78 is 7.42. The van der Waals surface area contributed by atoms with Crippen LogP contribution in [0.2, 0.25) is 0 Å². The number of unbranched alkanes of at least 4 members (excludes halogenated alkanes) is 2. The molecule has 0 aliphatic carbocycles. The van der Waals surface area contributed by atoms with Gasteiger partial charge in [-0.2, -0.15) is 0 Å². The number of thiocarbonyl (C=S) groups is 1. The van der Waals surface area contributed by atoms with Crippen LogP contribution in [0.4, 0.5) is 0 Å². The summed E-state index contributed by atoms with van der Waals surface area (Å²) in [6, 6.07) is 0. The van der Waals surface area contributed by atoms with Crippen LogP contribution in [0.5, 0.6) is 0 Å². The summed E-state index contributed by atoms with van der Waals surface area (Å²) in [5, 5.41) is 0.645. The van der Waals surface area contributed by atoms with Gasteiger partial charge in [-0.15, -0.1) is 0 Å². The molecule has 4 heteroatoms. The van der Waals surface area contributed by atoms with Crippen molar-refractivity contribution in [3.05, 3.63) is 0 Å². The zero-order chi connectivity index (χ0) is 10.1. The fraction of sp³-hybridized carbons (Fsp3) is 0.889. The summed E-state index contributed by atoms with van der Waals surface area (Å²) in [5.74, 6) is 0. The zero-order valence-electron chi connectivity index (χ0n) is 8.41. The Hall–Kier alpha value is 0.378. The third-order valence-corrected chi connectivity index (χ3v) is 3.14. The van der Waals surface area contributed by atoms with E-state index >= 15 is 0 Å². The van der Waals surface area contributed by atoms with E-state index in [4.69, 9.17) is 17.0 Å². The Kier molecular flexibility index (Phi) is 9.21. The molecule has 0 aromatic rings. The Bertz CT molecular complexity index is 144. The third kappa shape index (κ3) is 7.45. The molecule has 0 aliphatic heterocycles. The van der Waals surface area contributed by atoms with E-state index in [1.807, 2.05) is 23.5 Å². The molecular formula is C9H18MoNOS. The average Bonchev–Trinajstić information content (AvgIpc) is 2.14. The molecule has 0 N–H and O–H groups in total. The monoisotopic (exact) mass is 286 g/mol. The average molecular weight is 284 g/mol. The van der Waals surface area contributed by atoms with Crippen molar-refractivity contribution in [3.63, 3.8) is 0 Å². The Balaban J connectivity index is 3.45. The van der Waals surface area contributed by atoms with Crippen LogP contribution in [0.15, 0.2) is 0 Å². The van der Waals surface area contributed by atoms with Crippen molar-refractivity contribution in [2.24, 2.45) is 0 Å². The minimum atomic E-state index is 0.645. The summed E-state index contributed by atoms with van der Waals surface area (Å²) >= 11 is 7.03. The molecule has 77 valence electrons. The first-order chi connectivity index (χ1) is 6.22. The number of hydrogen-bond donors (Lipinski definition) is 0. The van der Waals surface area contributed by atoms with Crippen molar-refractivity contribution in [1.29, 1.82) is 0 Å². The summed E-state index contributed by atoms with van der Waals surface area (Å²) in [6.07, 6.45) is 4.62. The van der Waals surface area contributed by atoms with Crippen LogP contribution >= 0.6 is 12.2 Å². The Morgan fingerprint density at radius 3 is 2.46 bits per heavy atom. The van der Waals surface area contributed by atoms with E-state index in [1.54, 1.807) is 0 Å². The molecule has 0 aliphatic rings. The van der Waals surface area contributed by atoms with Crippen LogP contribution in [0.3, 0.4) is 0 Å². The first-order valence-electron chi connectivity index (χ1n) is 4.83. The number of hydrogen-bond acceptors (Lipinski definition) is 2. The second-order valence-electron chi connectivity index (χ2n) is 2.92. The van der Waals surface area contributed by atoms with Gasteiger partial charge in [0, 0.05) is 0 Å². The van der Waals surface area contributed by atoms with Gasteiger partial charge in [0.25, 0.3) is 0 Å². The van der Waals surface area contributed by atoms with E-state index in [0.717, 1.165) is 26.0 Å². The summed E-state index contributed by atoms with van der Waals surface area (Å²) in [7, 11) is 0. The molecule has 2 nitrogen and oxygen atoms in total. The SMILES string of the molecule is CCCCOC(=S)[N]([Mo])CCCC. The molecule has 0 bridgehead atoms. The molecule has 0 aromatic carbocycles. The van der Waals surface area contributed by atoms with Gasteiger partial charge >= 0.3 is 98.3 Å². The van der Waals surface area contributed by atoms with E-state index in [9.17, 15) is 0 Å². The van der Waals surface area contributed by atoms with E-state index in [-0.39, 0.29) is 0 Å². The normalized spacial score (nSPS) is 9.69. The first-order valence-corrected chi connectivity index (χ1v) is 6.14. The molecule has 0 spiro atoms. The molecular weight excluding hydrogens is 266 g/mol. The van der Waals surface area contributed by atoms with Crippen LogP contribution in [0.1, 0.15) is 39.5 Å². The van der Waals surface area contributed by atoms with Crippen molar-refractivity contribution in [3.8, 4) is 0 Å². The molecule has 0 heterocycles. The van der Waals surface area contributed by atoms with Crippen molar-refractivity contribution >= 4 is 17.4 Å². The molecule has 0 amide bonds. The summed E-state index contributed by atoms with van der Waals surface area (Å²) in [5.41, 5.74) is 0. The summed E-state index contributed by atoms with van der Waals surface area (Å²) in [6.45, 7) is 6.09. The van der Waals surface area contributed by atoms with Gasteiger partial charge < -0.3 is 0 Å². The third-order valence-electron chi connectivity index (χ3n) is 1.64. The van der Waals surface area contributed by atoms with Crippen molar-refractivity contribution < 1.29 is 24.8 Å². The predicted molar refractivity (Wildman–Crippen MR) is 55.1 cm³/mol. The van der Waals surface area contributed by atoms with E-state index in [1.165, 1.54) is 12.8 Å². The fourth-order valence-electron chi connectivity index (χ4n) is 0.769. The van der Waals surface area contributed by atoms with E-state index in [0.29, 0.717) is 5.17 Å². The predicted octanol–water partition coefficient (Wildman–Crippen LogP) is 2.65. The van der Waals surface area contributed by atoms with Crippen molar-refractivity contribution in [1.82, 2.24) is 3.46 Å². The number of ether oxygens (including phenoxy) is 1. The quantitative estimate of drug-likeness (QED) is 0.423. The van der Waals surface area contributed by atoms with Gasteiger partial charge in [-0.05, 0) is 0 Å². The van der Waals surface area contributed by atoms with Crippen LogP contribution < -0.4 is 0 Å². The fourth-order valence-corrected chi connectivity index (χ4v) is 1.39. The standard InChI is InChI=1S/C9H19NOS.Mo/c1-3-5-7-10-9(12)11-8-6-4-2;/h3-8H2,1-2H3,(H,10,12);/q;+1/p-1. The Morgan fingerprint density at radius 1 is 1.31 bits per heavy atom. The van der Waals surface area contributed by atoms with Gasteiger partial charge in [-0.25, -0.2) is 0 Å². The molecule has 0 aromatic heterocycles. The molecule has 13 heavy (non-hydrogen) atoms. The first kappa shape index (κ1) is 13.4. The minimum absolute atomic E-state index is 0.645. The van der Waals surface area contributed by atoms with Gasteiger partial charge in [-0.3, -0.25) is 0 Å². The van der Waals surface area contributed by atoms with E-state index in [2.05, 4.69) is 13.8 Å². The van der Waals surface area contributed by atoms with Crippen LogP contribution in [0.25, 0.3) is 0 Å². The van der Waals surface area contributed by atoms with Gasteiger partial charge in [0.2, 0.25) is 0 Å². The van der Waals surface area contributed by atoms with Gasteiger partial charge in [-0.1, -0.05) is 0 Å². The second kappa shape index (κ2) is 8.95. The number of rotatable bonds is 6. The van der Waals surface area contributed by atoms with Crippen LogP contribution in [-0.2, 0) is 24.8 Å². The van der Waals surface area contributed by atoms with Crippen molar-refractivity contribution in [2.75, 3.05) is 13.2 Å². The Labute approximate surface area is 98.2 Å². The van der Waals surface area contributed by atoms with Crippen LogP contribution in [0, 0.1) is 0 Å². The maximum atomic E-state index is 5.40. The molecule has 0 saturated carbocycles. The van der Waals surface area contributed by atoms with Gasteiger partial charge in [0.15, 0.2) is 0 Å². The van der Waals surface area contributed by atoms with Gasteiger partial charge in [0.05, 0.1) is 0 Å². The summed E-state index contributed by atoms with van der Waals surface area (Å²) in [4.78, 5) is 0. The molecule has 0 fully saturated rings. The Morgan fingerprint density at radius 2 is 1.92 bits per heavy atom. The van der Waals surface area contributed by atoms with Crippen LogP contribution in [-0.4, -0.2) is 21.8 Å². The molecule has 0 saturated heterocycles.